The fourth-order valence-electron chi connectivity index (χ4n) is 7.15. The highest BCUT2D eigenvalue weighted by Crippen LogP contribution is 2.22. The van der Waals surface area contributed by atoms with Crippen LogP contribution in [-0.2, 0) is 9.59 Å². The lowest BCUT2D eigenvalue weighted by Gasteiger charge is -2.12. The lowest BCUT2D eigenvalue weighted by atomic mass is 10.1. The number of amides is 4. The van der Waals surface area contributed by atoms with Crippen molar-refractivity contribution >= 4 is 69.7 Å². The molecule has 4 aromatic rings. The van der Waals surface area contributed by atoms with Crippen LogP contribution in [0.1, 0.15) is 68.7 Å². The van der Waals surface area contributed by atoms with Crippen LogP contribution in [0.2, 0.25) is 0 Å². The second kappa shape index (κ2) is 18.5. The largest absolute Gasteiger partial charge is 0.368 e. The monoisotopic (exact) mass is 806 g/mol. The predicted octanol–water partition coefficient (Wildman–Crippen LogP) is 3.73. The molecule has 0 bridgehead atoms. The summed E-state index contributed by atoms with van der Waals surface area (Å²) in [4.78, 5) is 69.9. The minimum Gasteiger partial charge on any atom is -0.368 e. The average molecular weight is 807 g/mol. The molecule has 16 heteroatoms. The fraction of sp³-hybridized carbons (Fsp3) is 0.273. The third kappa shape index (κ3) is 10.0. The molecule has 0 spiro atoms. The van der Waals surface area contributed by atoms with E-state index in [-0.39, 0.29) is 36.5 Å². The lowest BCUT2D eigenvalue weighted by molar-refractivity contribution is -0.118. The van der Waals surface area contributed by atoms with Gasteiger partial charge in [-0.15, -0.1) is 0 Å². The molecule has 16 nitrogen and oxygen atoms in total. The Hall–Kier alpha value is -7.36. The normalized spacial score (nSPS) is 15.3. The summed E-state index contributed by atoms with van der Waals surface area (Å²) in [6, 6.07) is 25.0. The standard InChI is InChI=1S/C44H46N12O4/c57-37(53-33-9-5-27(6-10-33)43(59)55-35-23-29(39-45-13-14-46-39)21-30(24-35)40-47-15-16-48-40)3-1-2-4-38(58)54-34-11-7-28(8-12-34)44(60)56-36-25-31(41-49-17-18-50-41)22-32(26-36)42-51-19-20-52-42/h5-12,21-26H,1-4,13-20H2,(H,45,46)(H,47,48)(H,49,50)(H,51,52)(H,53,57)(H,54,58)(H,55,59)(H,56,60). The first-order chi connectivity index (χ1) is 29.3. The SMILES string of the molecule is O=C(CCCCC(=O)Nc1ccc(C(=O)Nc2cc(C3=NCCN3)cc(C3=NCCN3)c2)cc1)Nc1ccc(C(=O)Nc2cc(C3=NCCN3)cc(C3=NCCN3)c2)cc1. The van der Waals surface area contributed by atoms with Gasteiger partial charge in [-0.1, -0.05) is 0 Å². The van der Waals surface area contributed by atoms with Gasteiger partial charge < -0.3 is 42.5 Å². The van der Waals surface area contributed by atoms with Gasteiger partial charge in [-0.25, -0.2) is 0 Å². The zero-order valence-corrected chi connectivity index (χ0v) is 33.0. The maximum Gasteiger partial charge on any atom is 0.255 e. The Labute approximate surface area is 347 Å². The van der Waals surface area contributed by atoms with Crippen LogP contribution >= 0.6 is 0 Å². The summed E-state index contributed by atoms with van der Waals surface area (Å²) < 4.78 is 0. The van der Waals surface area contributed by atoms with Crippen molar-refractivity contribution in [3.8, 4) is 0 Å². The molecule has 306 valence electrons. The number of carbonyl (C=O) groups excluding carboxylic acids is 4. The van der Waals surface area contributed by atoms with Crippen molar-refractivity contribution < 1.29 is 19.2 Å². The quantitative estimate of drug-likeness (QED) is 0.0828. The number of carbonyl (C=O) groups is 4. The van der Waals surface area contributed by atoms with Gasteiger partial charge in [0.1, 0.15) is 23.3 Å². The minimum absolute atomic E-state index is 0.187. The van der Waals surface area contributed by atoms with Crippen molar-refractivity contribution in [2.45, 2.75) is 25.7 Å². The number of unbranched alkanes of at least 4 members (excludes halogenated alkanes) is 1. The summed E-state index contributed by atoms with van der Waals surface area (Å²) in [7, 11) is 0. The number of amidine groups is 4. The van der Waals surface area contributed by atoms with Gasteiger partial charge in [-0.2, -0.15) is 0 Å². The molecule has 0 radical (unpaired) electrons. The van der Waals surface area contributed by atoms with E-state index in [2.05, 4.69) is 62.5 Å². The second-order valence-electron chi connectivity index (χ2n) is 14.6. The lowest BCUT2D eigenvalue weighted by Crippen LogP contribution is -2.23. The second-order valence-corrected chi connectivity index (χ2v) is 14.6. The zero-order valence-electron chi connectivity index (χ0n) is 33.0. The summed E-state index contributed by atoms with van der Waals surface area (Å²) in [5.41, 5.74) is 6.75. The molecular weight excluding hydrogens is 761 g/mol. The van der Waals surface area contributed by atoms with Gasteiger partial charge in [-0.3, -0.25) is 39.1 Å². The van der Waals surface area contributed by atoms with E-state index >= 15 is 0 Å². The minimum atomic E-state index is -0.286. The third-order valence-electron chi connectivity index (χ3n) is 10.1. The Kier molecular flexibility index (Phi) is 12.2. The molecule has 60 heavy (non-hydrogen) atoms. The number of nitrogens with one attached hydrogen (secondary N) is 8. The van der Waals surface area contributed by atoms with Crippen LogP contribution in [-0.4, -0.2) is 99.3 Å². The van der Waals surface area contributed by atoms with Crippen LogP contribution in [0, 0.1) is 0 Å². The molecule has 0 saturated heterocycles. The molecule has 4 aliphatic heterocycles. The Morgan fingerprint density at radius 3 is 1.02 bits per heavy atom. The van der Waals surface area contributed by atoms with Crippen molar-refractivity contribution in [3.05, 3.63) is 118 Å². The van der Waals surface area contributed by atoms with Crippen molar-refractivity contribution in [1.29, 1.82) is 0 Å². The first-order valence-electron chi connectivity index (χ1n) is 20.2. The highest BCUT2D eigenvalue weighted by Gasteiger charge is 2.19. The summed E-state index contributed by atoms with van der Waals surface area (Å²) in [6.07, 6.45) is 1.49. The molecular formula is C44H46N12O4. The van der Waals surface area contributed by atoms with Crippen LogP contribution in [0.4, 0.5) is 22.7 Å². The Bertz CT molecular complexity index is 2170. The maximum atomic E-state index is 13.2. The first kappa shape index (κ1) is 39.5. The van der Waals surface area contributed by atoms with E-state index in [0.29, 0.717) is 72.9 Å². The number of rotatable bonds is 15. The Balaban J connectivity index is 0.767. The van der Waals surface area contributed by atoms with E-state index in [1.165, 1.54) is 0 Å². The van der Waals surface area contributed by atoms with Crippen LogP contribution in [0.3, 0.4) is 0 Å². The summed E-state index contributed by atoms with van der Waals surface area (Å²) >= 11 is 0. The predicted molar refractivity (Wildman–Crippen MR) is 235 cm³/mol. The van der Waals surface area contributed by atoms with Crippen molar-refractivity contribution in [2.24, 2.45) is 20.0 Å². The number of anilines is 4. The van der Waals surface area contributed by atoms with Gasteiger partial charge >= 0.3 is 0 Å². The van der Waals surface area contributed by atoms with E-state index in [1.807, 2.05) is 36.4 Å². The fourth-order valence-corrected chi connectivity index (χ4v) is 7.15. The number of hydrogen-bond acceptors (Lipinski definition) is 12. The molecule has 0 aliphatic carbocycles. The molecule has 4 heterocycles. The number of aliphatic imine (C=N–C) groups is 4. The van der Waals surface area contributed by atoms with Crippen LogP contribution in [0.25, 0.3) is 0 Å². The molecule has 4 aromatic carbocycles. The van der Waals surface area contributed by atoms with Crippen LogP contribution in [0.15, 0.2) is 105 Å². The maximum absolute atomic E-state index is 13.2. The molecule has 0 saturated carbocycles. The van der Waals surface area contributed by atoms with E-state index < -0.39 is 0 Å². The smallest absolute Gasteiger partial charge is 0.255 e. The van der Waals surface area contributed by atoms with Crippen LogP contribution in [0.5, 0.6) is 0 Å². The van der Waals surface area contributed by atoms with E-state index in [9.17, 15) is 19.2 Å². The molecule has 4 amide bonds. The summed E-state index contributed by atoms with van der Waals surface area (Å²) in [6.45, 7) is 5.88. The highest BCUT2D eigenvalue weighted by molar-refractivity contribution is 6.11. The average Bonchev–Trinajstić information content (AvgIpc) is 4.11. The number of benzene rings is 4. The van der Waals surface area contributed by atoms with Gasteiger partial charge in [0.05, 0.1) is 26.2 Å². The van der Waals surface area contributed by atoms with Gasteiger partial charge in [0.2, 0.25) is 11.8 Å². The van der Waals surface area contributed by atoms with Gasteiger partial charge in [0.25, 0.3) is 11.8 Å². The Morgan fingerprint density at radius 2 is 0.733 bits per heavy atom. The topological polar surface area (TPSA) is 214 Å². The molecule has 8 rings (SSSR count). The molecule has 8 N–H and O–H groups in total. The highest BCUT2D eigenvalue weighted by atomic mass is 16.2. The number of nitrogens with zero attached hydrogens (tertiary/aromatic N) is 4. The summed E-state index contributed by atoms with van der Waals surface area (Å²) in [5, 5.41) is 24.8. The molecule has 0 aromatic heterocycles. The van der Waals surface area contributed by atoms with Crippen molar-refractivity contribution in [3.63, 3.8) is 0 Å². The van der Waals surface area contributed by atoms with Gasteiger partial charge in [-0.05, 0) is 97.8 Å². The van der Waals surface area contributed by atoms with E-state index in [0.717, 1.165) is 71.8 Å². The van der Waals surface area contributed by atoms with Gasteiger partial charge in [0.15, 0.2) is 0 Å². The number of hydrogen-bond donors (Lipinski definition) is 8. The summed E-state index contributed by atoms with van der Waals surface area (Å²) in [5.74, 6) is 2.20. The molecule has 0 fully saturated rings. The molecule has 0 atom stereocenters. The van der Waals surface area contributed by atoms with Crippen molar-refractivity contribution in [1.82, 2.24) is 21.3 Å². The molecule has 0 unspecified atom stereocenters. The first-order valence-corrected chi connectivity index (χ1v) is 20.2. The Morgan fingerprint density at radius 1 is 0.417 bits per heavy atom. The third-order valence-corrected chi connectivity index (χ3v) is 10.1. The van der Waals surface area contributed by atoms with Crippen molar-refractivity contribution in [2.75, 3.05) is 73.6 Å². The van der Waals surface area contributed by atoms with Gasteiger partial charge in [0, 0.05) is 95.2 Å². The van der Waals surface area contributed by atoms with Crippen LogP contribution < -0.4 is 42.5 Å². The zero-order chi connectivity index (χ0) is 41.3. The molecule has 4 aliphatic rings. The van der Waals surface area contributed by atoms with E-state index in [4.69, 9.17) is 0 Å². The van der Waals surface area contributed by atoms with E-state index in [1.54, 1.807) is 48.5 Å².